The molecule has 0 N–H and O–H groups in total. The minimum absolute atomic E-state index is 0.205. The zero-order valence-electron chi connectivity index (χ0n) is 9.84. The van der Waals surface area contributed by atoms with Crippen LogP contribution in [0.2, 0.25) is 0 Å². The Morgan fingerprint density at radius 1 is 1.00 bits per heavy atom. The molecule has 0 fully saturated rings. The number of hydrogen-bond donors (Lipinski definition) is 0. The van der Waals surface area contributed by atoms with Crippen molar-refractivity contribution in [3.8, 4) is 0 Å². The van der Waals surface area contributed by atoms with Crippen molar-refractivity contribution >= 4 is 0 Å². The molecular formula is C9H20N3O3-3. The molecule has 0 aliphatic rings. The molecule has 15 heavy (non-hydrogen) atoms. The second-order valence-corrected chi connectivity index (χ2v) is 3.97. The maximum absolute atomic E-state index is 11.2. The lowest BCUT2D eigenvalue weighted by Gasteiger charge is -2.40. The van der Waals surface area contributed by atoms with Gasteiger partial charge in [-0.05, 0) is 52.6 Å². The molecule has 0 rings (SSSR count). The van der Waals surface area contributed by atoms with Gasteiger partial charge < -0.3 is 30.8 Å². The summed E-state index contributed by atoms with van der Waals surface area (Å²) in [6.45, 7) is 2.08. The molecule has 0 aromatic heterocycles. The van der Waals surface area contributed by atoms with Gasteiger partial charge in [0, 0.05) is 0 Å². The maximum Gasteiger partial charge on any atom is -0.000166 e. The van der Waals surface area contributed by atoms with Crippen LogP contribution in [0.1, 0.15) is 19.8 Å². The van der Waals surface area contributed by atoms with E-state index in [2.05, 4.69) is 0 Å². The molecule has 0 saturated carbocycles. The monoisotopic (exact) mass is 218 g/mol. The van der Waals surface area contributed by atoms with E-state index in [9.17, 15) is 15.6 Å². The average molecular weight is 218 g/mol. The second-order valence-electron chi connectivity index (χ2n) is 3.97. The Bertz CT molecular complexity index is 165. The quantitative estimate of drug-likeness (QED) is 0.588. The molecular weight excluding hydrogens is 198 g/mol. The van der Waals surface area contributed by atoms with E-state index in [-0.39, 0.29) is 12.1 Å². The molecule has 0 aromatic carbocycles. The van der Waals surface area contributed by atoms with Crippen molar-refractivity contribution in [1.82, 2.24) is 15.2 Å². The molecule has 6 nitrogen and oxygen atoms in total. The summed E-state index contributed by atoms with van der Waals surface area (Å²) >= 11 is 0. The van der Waals surface area contributed by atoms with Gasteiger partial charge in [0.15, 0.2) is 0 Å². The highest BCUT2D eigenvalue weighted by Crippen LogP contribution is 2.12. The minimum atomic E-state index is -0.271. The summed E-state index contributed by atoms with van der Waals surface area (Å²) in [7, 11) is 4.28. The summed E-state index contributed by atoms with van der Waals surface area (Å²) in [5, 5.41) is 35.3. The molecule has 0 aliphatic heterocycles. The van der Waals surface area contributed by atoms with Crippen LogP contribution in [0.25, 0.3) is 0 Å². The molecule has 0 spiro atoms. The SMILES string of the molecule is CC(CC(CCN(C)[O-])N(C)[O-])N(C)[O-]. The lowest BCUT2D eigenvalue weighted by atomic mass is 10.1. The molecule has 92 valence electrons. The van der Waals surface area contributed by atoms with E-state index in [1.807, 2.05) is 0 Å². The normalized spacial score (nSPS) is 16.4. The Hall–Kier alpha value is -0.240. The van der Waals surface area contributed by atoms with E-state index in [0.717, 1.165) is 15.2 Å². The molecule has 2 unspecified atom stereocenters. The lowest BCUT2D eigenvalue weighted by Crippen LogP contribution is -2.36. The van der Waals surface area contributed by atoms with Gasteiger partial charge in [0.25, 0.3) is 0 Å². The lowest BCUT2D eigenvalue weighted by molar-refractivity contribution is 0.217. The Morgan fingerprint density at radius 3 is 1.87 bits per heavy atom. The van der Waals surface area contributed by atoms with Crippen molar-refractivity contribution in [2.45, 2.75) is 31.8 Å². The van der Waals surface area contributed by atoms with Gasteiger partial charge in [0.1, 0.15) is 0 Å². The fourth-order valence-electron chi connectivity index (χ4n) is 1.32. The molecule has 2 atom stereocenters. The van der Waals surface area contributed by atoms with Gasteiger partial charge in [-0.25, -0.2) is 0 Å². The molecule has 0 aromatic rings. The van der Waals surface area contributed by atoms with Crippen LogP contribution in [0.4, 0.5) is 0 Å². The van der Waals surface area contributed by atoms with Crippen LogP contribution < -0.4 is 0 Å². The molecule has 0 saturated heterocycles. The standard InChI is InChI=1S/C9H20N3O3/c1-8(11(3)14)7-9(12(4)15)5-6-10(2)13/h8-9H,5-7H2,1-4H3/q-3. The van der Waals surface area contributed by atoms with Gasteiger partial charge in [-0.2, -0.15) is 0 Å². The summed E-state index contributed by atoms with van der Waals surface area (Å²) in [6.07, 6.45) is 0.964. The van der Waals surface area contributed by atoms with Gasteiger partial charge in [-0.15, -0.1) is 0 Å². The first-order valence-electron chi connectivity index (χ1n) is 5.02. The zero-order valence-corrected chi connectivity index (χ0v) is 9.84. The fraction of sp³-hybridized carbons (Fsp3) is 1.00. The average Bonchev–Trinajstić information content (AvgIpc) is 2.10. The number of hydroxylamine groups is 6. The van der Waals surface area contributed by atoms with Crippen LogP contribution in [0, 0.1) is 15.6 Å². The smallest absolute Gasteiger partial charge is 0.000166 e. The molecule has 0 aliphatic carbocycles. The molecule has 6 heteroatoms. The molecule has 0 amide bonds. The first-order chi connectivity index (χ1) is 6.84. The summed E-state index contributed by atoms with van der Waals surface area (Å²) in [4.78, 5) is 0. The summed E-state index contributed by atoms with van der Waals surface area (Å²) in [5.41, 5.74) is 0. The van der Waals surface area contributed by atoms with Crippen LogP contribution in [-0.4, -0.2) is 55.0 Å². The first-order valence-corrected chi connectivity index (χ1v) is 5.02. The van der Waals surface area contributed by atoms with Crippen molar-refractivity contribution in [1.29, 1.82) is 0 Å². The third kappa shape index (κ3) is 6.77. The minimum Gasteiger partial charge on any atom is -0.785 e. The van der Waals surface area contributed by atoms with E-state index >= 15 is 0 Å². The predicted octanol–water partition coefficient (Wildman–Crippen LogP) is 0.813. The van der Waals surface area contributed by atoms with E-state index in [4.69, 9.17) is 0 Å². The first kappa shape index (κ1) is 14.8. The molecule has 0 bridgehead atoms. The fourth-order valence-corrected chi connectivity index (χ4v) is 1.32. The highest BCUT2D eigenvalue weighted by Gasteiger charge is 2.12. The van der Waals surface area contributed by atoms with Crippen molar-refractivity contribution in [2.24, 2.45) is 0 Å². The summed E-state index contributed by atoms with van der Waals surface area (Å²) in [6, 6.07) is -0.476. The Morgan fingerprint density at radius 2 is 1.53 bits per heavy atom. The Kier molecular flexibility index (Phi) is 6.99. The van der Waals surface area contributed by atoms with Gasteiger partial charge in [-0.1, -0.05) is 6.92 Å². The topological polar surface area (TPSA) is 78.9 Å². The molecule has 0 radical (unpaired) electrons. The van der Waals surface area contributed by atoms with Crippen LogP contribution >= 0.6 is 0 Å². The second kappa shape index (κ2) is 7.10. The van der Waals surface area contributed by atoms with Crippen LogP contribution in [-0.2, 0) is 0 Å². The zero-order chi connectivity index (χ0) is 12.0. The molecule has 0 heterocycles. The number of hydrogen-bond acceptors (Lipinski definition) is 6. The third-order valence-corrected chi connectivity index (χ3v) is 2.53. The maximum atomic E-state index is 11.2. The van der Waals surface area contributed by atoms with Crippen molar-refractivity contribution in [3.63, 3.8) is 0 Å². The highest BCUT2D eigenvalue weighted by atomic mass is 16.5. The van der Waals surface area contributed by atoms with Crippen molar-refractivity contribution in [2.75, 3.05) is 27.7 Å². The van der Waals surface area contributed by atoms with E-state index in [1.165, 1.54) is 21.1 Å². The van der Waals surface area contributed by atoms with Crippen molar-refractivity contribution < 1.29 is 0 Å². The Balaban J connectivity index is 4.04. The van der Waals surface area contributed by atoms with Gasteiger partial charge in [0.2, 0.25) is 0 Å². The van der Waals surface area contributed by atoms with Crippen LogP contribution in [0.5, 0.6) is 0 Å². The number of nitrogens with zero attached hydrogens (tertiary/aromatic N) is 3. The van der Waals surface area contributed by atoms with E-state index < -0.39 is 0 Å². The van der Waals surface area contributed by atoms with Crippen LogP contribution in [0.3, 0.4) is 0 Å². The largest absolute Gasteiger partial charge is 0.785 e. The van der Waals surface area contributed by atoms with Crippen LogP contribution in [0.15, 0.2) is 0 Å². The van der Waals surface area contributed by atoms with E-state index in [1.54, 1.807) is 6.92 Å². The number of rotatable bonds is 7. The highest BCUT2D eigenvalue weighted by molar-refractivity contribution is 4.77. The van der Waals surface area contributed by atoms with Gasteiger partial charge in [-0.3, -0.25) is 0 Å². The third-order valence-electron chi connectivity index (χ3n) is 2.53. The Labute approximate surface area is 91.2 Å². The predicted molar refractivity (Wildman–Crippen MR) is 60.7 cm³/mol. The summed E-state index contributed by atoms with van der Waals surface area (Å²) in [5.74, 6) is 0. The summed E-state index contributed by atoms with van der Waals surface area (Å²) < 4.78 is 0. The van der Waals surface area contributed by atoms with E-state index in [0.29, 0.717) is 19.4 Å². The van der Waals surface area contributed by atoms with Gasteiger partial charge in [0.05, 0.1) is 0 Å². The van der Waals surface area contributed by atoms with Gasteiger partial charge >= 0.3 is 0 Å². The van der Waals surface area contributed by atoms with Crippen molar-refractivity contribution in [3.05, 3.63) is 15.6 Å².